The lowest BCUT2D eigenvalue weighted by Gasteiger charge is -2.18. The summed E-state index contributed by atoms with van der Waals surface area (Å²) in [4.78, 5) is 13.5. The van der Waals surface area contributed by atoms with Crippen LogP contribution in [0, 0.1) is 0 Å². The molecule has 8 heteroatoms. The predicted molar refractivity (Wildman–Crippen MR) is 95.3 cm³/mol. The van der Waals surface area contributed by atoms with Crippen molar-refractivity contribution in [3.05, 3.63) is 52.5 Å². The largest absolute Gasteiger partial charge is 0.311 e. The third-order valence-corrected chi connectivity index (χ3v) is 5.64. The minimum atomic E-state index is -3.74. The Labute approximate surface area is 150 Å². The van der Waals surface area contributed by atoms with Crippen molar-refractivity contribution < 1.29 is 13.2 Å². The van der Waals surface area contributed by atoms with Crippen molar-refractivity contribution in [3.63, 3.8) is 0 Å². The lowest BCUT2D eigenvalue weighted by Crippen LogP contribution is -2.24. The highest BCUT2D eigenvalue weighted by atomic mass is 35.5. The summed E-state index contributed by atoms with van der Waals surface area (Å²) in [7, 11) is -3.74. The van der Waals surface area contributed by atoms with E-state index in [0.29, 0.717) is 34.4 Å². The van der Waals surface area contributed by atoms with Crippen molar-refractivity contribution in [2.75, 3.05) is 16.2 Å². The Morgan fingerprint density at radius 1 is 1.04 bits per heavy atom. The van der Waals surface area contributed by atoms with Gasteiger partial charge in [0.2, 0.25) is 5.91 Å². The van der Waals surface area contributed by atoms with E-state index in [1.165, 1.54) is 30.3 Å². The number of anilines is 2. The number of nitrogens with zero attached hydrogens (tertiary/aromatic N) is 1. The number of halogens is 2. The molecule has 1 aliphatic heterocycles. The lowest BCUT2D eigenvalue weighted by molar-refractivity contribution is -0.117. The van der Waals surface area contributed by atoms with Gasteiger partial charge in [-0.05, 0) is 48.9 Å². The first-order valence-corrected chi connectivity index (χ1v) is 9.49. The monoisotopic (exact) mass is 384 g/mol. The van der Waals surface area contributed by atoms with Gasteiger partial charge in [-0.1, -0.05) is 23.2 Å². The van der Waals surface area contributed by atoms with E-state index in [9.17, 15) is 13.2 Å². The molecule has 0 saturated carbocycles. The van der Waals surface area contributed by atoms with Crippen molar-refractivity contribution in [2.45, 2.75) is 17.7 Å². The van der Waals surface area contributed by atoms with E-state index in [2.05, 4.69) is 4.72 Å². The first-order chi connectivity index (χ1) is 11.4. The maximum atomic E-state index is 12.4. The molecule has 0 unspecified atom stereocenters. The van der Waals surface area contributed by atoms with Crippen LogP contribution >= 0.6 is 23.2 Å². The van der Waals surface area contributed by atoms with Crippen molar-refractivity contribution in [2.24, 2.45) is 0 Å². The molecule has 1 fully saturated rings. The van der Waals surface area contributed by atoms with Gasteiger partial charge in [0.15, 0.2) is 0 Å². The molecule has 0 aromatic heterocycles. The smallest absolute Gasteiger partial charge is 0.261 e. The Morgan fingerprint density at radius 2 is 1.75 bits per heavy atom. The lowest BCUT2D eigenvalue weighted by atomic mass is 10.2. The molecule has 3 rings (SSSR count). The highest BCUT2D eigenvalue weighted by Crippen LogP contribution is 2.32. The Bertz CT molecular complexity index is 883. The molecule has 0 spiro atoms. The number of hydrogen-bond acceptors (Lipinski definition) is 3. The minimum Gasteiger partial charge on any atom is -0.311 e. The van der Waals surface area contributed by atoms with Crippen LogP contribution in [0.25, 0.3) is 0 Å². The van der Waals surface area contributed by atoms with E-state index in [1.807, 2.05) is 0 Å². The normalized spacial score (nSPS) is 14.9. The zero-order chi connectivity index (χ0) is 17.3. The number of carbonyl (C=O) groups excluding carboxylic acids is 1. The fourth-order valence-corrected chi connectivity index (χ4v) is 3.98. The number of nitrogens with one attached hydrogen (secondary N) is 1. The molecule has 1 amide bonds. The van der Waals surface area contributed by atoms with Gasteiger partial charge in [-0.25, -0.2) is 8.42 Å². The highest BCUT2D eigenvalue weighted by Gasteiger charge is 2.24. The summed E-state index contributed by atoms with van der Waals surface area (Å²) in [6.07, 6.45) is 1.29. The molecular weight excluding hydrogens is 371 g/mol. The van der Waals surface area contributed by atoms with Gasteiger partial charge in [0.05, 0.1) is 21.3 Å². The summed E-state index contributed by atoms with van der Waals surface area (Å²) in [6, 6.07) is 10.6. The van der Waals surface area contributed by atoms with Gasteiger partial charge in [0.25, 0.3) is 10.0 Å². The molecule has 1 saturated heterocycles. The fourth-order valence-electron chi connectivity index (χ4n) is 2.52. The molecule has 1 N–H and O–H groups in total. The second-order valence-electron chi connectivity index (χ2n) is 5.37. The summed E-state index contributed by atoms with van der Waals surface area (Å²) in [5.74, 6) is 0.0198. The predicted octanol–water partition coefficient (Wildman–Crippen LogP) is 3.92. The van der Waals surface area contributed by atoms with E-state index in [1.54, 1.807) is 17.0 Å². The summed E-state index contributed by atoms with van der Waals surface area (Å²) < 4.78 is 27.2. The molecule has 1 heterocycles. The van der Waals surface area contributed by atoms with Gasteiger partial charge in [0, 0.05) is 18.0 Å². The quantitative estimate of drug-likeness (QED) is 0.868. The van der Waals surface area contributed by atoms with Crippen LogP contribution in [-0.4, -0.2) is 20.9 Å². The summed E-state index contributed by atoms with van der Waals surface area (Å²) >= 11 is 12.0. The van der Waals surface area contributed by atoms with Gasteiger partial charge in [-0.3, -0.25) is 9.52 Å². The van der Waals surface area contributed by atoms with Crippen LogP contribution in [-0.2, 0) is 14.8 Å². The second-order valence-corrected chi connectivity index (χ2v) is 7.90. The standard InChI is InChI=1S/C16H14Cl2N2O3S/c17-11-3-6-13(7-4-11)24(22,23)19-12-5-8-15(14(18)10-12)20-9-1-2-16(20)21/h3-8,10,19H,1-2,9H2. The van der Waals surface area contributed by atoms with E-state index < -0.39 is 10.0 Å². The van der Waals surface area contributed by atoms with Gasteiger partial charge < -0.3 is 4.90 Å². The molecular formula is C16H14Cl2N2O3S. The average molecular weight is 385 g/mol. The zero-order valence-corrected chi connectivity index (χ0v) is 14.8. The van der Waals surface area contributed by atoms with Crippen LogP contribution in [0.5, 0.6) is 0 Å². The van der Waals surface area contributed by atoms with Crippen molar-refractivity contribution >= 4 is 50.5 Å². The number of carbonyl (C=O) groups is 1. The summed E-state index contributed by atoms with van der Waals surface area (Å²) in [5.41, 5.74) is 0.916. The Hall–Kier alpha value is -1.76. The zero-order valence-electron chi connectivity index (χ0n) is 12.5. The summed E-state index contributed by atoms with van der Waals surface area (Å²) in [6.45, 7) is 0.619. The Morgan fingerprint density at radius 3 is 2.33 bits per heavy atom. The molecule has 126 valence electrons. The molecule has 24 heavy (non-hydrogen) atoms. The third kappa shape index (κ3) is 3.50. The van der Waals surface area contributed by atoms with E-state index in [4.69, 9.17) is 23.2 Å². The number of amides is 1. The number of benzene rings is 2. The Balaban J connectivity index is 1.84. The molecule has 1 aliphatic rings. The SMILES string of the molecule is O=C1CCCN1c1ccc(NS(=O)(=O)c2ccc(Cl)cc2)cc1Cl. The molecule has 2 aromatic carbocycles. The number of sulfonamides is 1. The van der Waals surface area contributed by atoms with Gasteiger partial charge in [0.1, 0.15) is 0 Å². The third-order valence-electron chi connectivity index (χ3n) is 3.69. The van der Waals surface area contributed by atoms with Gasteiger partial charge >= 0.3 is 0 Å². The molecule has 5 nitrogen and oxygen atoms in total. The molecule has 0 bridgehead atoms. The average Bonchev–Trinajstić information content (AvgIpc) is 2.93. The van der Waals surface area contributed by atoms with E-state index in [-0.39, 0.29) is 10.8 Å². The first-order valence-electron chi connectivity index (χ1n) is 7.25. The van der Waals surface area contributed by atoms with Crippen LogP contribution in [0.4, 0.5) is 11.4 Å². The van der Waals surface area contributed by atoms with Crippen molar-refractivity contribution in [1.82, 2.24) is 0 Å². The number of hydrogen-bond donors (Lipinski definition) is 1. The van der Waals surface area contributed by atoms with E-state index >= 15 is 0 Å². The van der Waals surface area contributed by atoms with Crippen molar-refractivity contribution in [3.8, 4) is 0 Å². The topological polar surface area (TPSA) is 66.5 Å². The Kier molecular flexibility index (Phi) is 4.71. The fraction of sp³-hybridized carbons (Fsp3) is 0.188. The molecule has 0 radical (unpaired) electrons. The van der Waals surface area contributed by atoms with Crippen LogP contribution in [0.1, 0.15) is 12.8 Å². The highest BCUT2D eigenvalue weighted by molar-refractivity contribution is 7.92. The van der Waals surface area contributed by atoms with Crippen LogP contribution < -0.4 is 9.62 Å². The molecule has 0 atom stereocenters. The second kappa shape index (κ2) is 6.63. The van der Waals surface area contributed by atoms with Crippen LogP contribution in [0.3, 0.4) is 0 Å². The minimum absolute atomic E-state index is 0.0198. The maximum Gasteiger partial charge on any atom is 0.261 e. The van der Waals surface area contributed by atoms with Gasteiger partial charge in [-0.2, -0.15) is 0 Å². The molecule has 2 aromatic rings. The summed E-state index contributed by atoms with van der Waals surface area (Å²) in [5, 5.41) is 0.776. The van der Waals surface area contributed by atoms with Crippen molar-refractivity contribution in [1.29, 1.82) is 0 Å². The molecule has 0 aliphatic carbocycles. The number of rotatable bonds is 4. The van der Waals surface area contributed by atoms with Crippen LogP contribution in [0.15, 0.2) is 47.4 Å². The van der Waals surface area contributed by atoms with Gasteiger partial charge in [-0.15, -0.1) is 0 Å². The van der Waals surface area contributed by atoms with E-state index in [0.717, 1.165) is 6.42 Å². The first kappa shape index (κ1) is 17.1. The maximum absolute atomic E-state index is 12.4. The van der Waals surface area contributed by atoms with Crippen LogP contribution in [0.2, 0.25) is 10.0 Å².